The fraction of sp³-hybridized carbons (Fsp3) is 1.00. The van der Waals surface area contributed by atoms with Crippen LogP contribution in [-0.2, 0) is 4.74 Å². The average molecular weight is 217 g/mol. The molecule has 2 aliphatic heterocycles. The van der Waals surface area contributed by atoms with Gasteiger partial charge in [0.15, 0.2) is 0 Å². The smallest absolute Gasteiger partial charge is 0.255 e. The van der Waals surface area contributed by atoms with Crippen LogP contribution in [0, 0.1) is 23.7 Å². The van der Waals surface area contributed by atoms with E-state index >= 15 is 0 Å². The zero-order valence-electron chi connectivity index (χ0n) is 8.72. The van der Waals surface area contributed by atoms with Crippen LogP contribution in [0.1, 0.15) is 12.8 Å². The molecule has 1 N–H and O–H groups in total. The molecule has 2 saturated heterocycles. The highest BCUT2D eigenvalue weighted by Crippen LogP contribution is 2.64. The summed E-state index contributed by atoms with van der Waals surface area (Å²) in [5, 5.41) is 3.09. The van der Waals surface area contributed by atoms with E-state index in [4.69, 9.17) is 4.74 Å². The number of nitrogens with one attached hydrogen (secondary N) is 1. The molecule has 0 radical (unpaired) electrons. The highest BCUT2D eigenvalue weighted by Gasteiger charge is 2.72. The van der Waals surface area contributed by atoms with Crippen LogP contribution in [-0.4, -0.2) is 32.2 Å². The lowest BCUT2D eigenvalue weighted by Crippen LogP contribution is -2.44. The van der Waals surface area contributed by atoms with E-state index in [2.05, 4.69) is 5.32 Å². The van der Waals surface area contributed by atoms with Gasteiger partial charge in [-0.1, -0.05) is 0 Å². The summed E-state index contributed by atoms with van der Waals surface area (Å²) < 4.78 is 32.5. The van der Waals surface area contributed by atoms with Gasteiger partial charge in [-0.2, -0.15) is 0 Å². The van der Waals surface area contributed by atoms with Crippen LogP contribution in [0.2, 0.25) is 0 Å². The van der Waals surface area contributed by atoms with Crippen molar-refractivity contribution in [2.75, 3.05) is 26.3 Å². The van der Waals surface area contributed by atoms with Gasteiger partial charge in [-0.15, -0.1) is 0 Å². The molecule has 3 fully saturated rings. The van der Waals surface area contributed by atoms with E-state index in [1.54, 1.807) is 0 Å². The molecule has 0 bridgehead atoms. The molecule has 4 heteroatoms. The third-order valence-electron chi connectivity index (χ3n) is 4.26. The Bertz CT molecular complexity index is 249. The summed E-state index contributed by atoms with van der Waals surface area (Å²) in [4.78, 5) is 0. The molecule has 2 unspecified atom stereocenters. The van der Waals surface area contributed by atoms with Crippen molar-refractivity contribution in [3.05, 3.63) is 0 Å². The van der Waals surface area contributed by atoms with E-state index < -0.39 is 5.92 Å². The Morgan fingerprint density at radius 3 is 2.13 bits per heavy atom. The predicted molar refractivity (Wildman–Crippen MR) is 51.8 cm³/mol. The minimum Gasteiger partial charge on any atom is -0.381 e. The number of ether oxygens (including phenoxy) is 1. The Kier molecular flexibility index (Phi) is 2.25. The molecule has 2 nitrogen and oxygen atoms in total. The van der Waals surface area contributed by atoms with Crippen LogP contribution in [0.25, 0.3) is 0 Å². The maximum absolute atomic E-state index is 13.6. The predicted octanol–water partition coefficient (Wildman–Crippen LogP) is 1.51. The zero-order valence-corrected chi connectivity index (χ0v) is 8.72. The van der Waals surface area contributed by atoms with E-state index in [9.17, 15) is 8.78 Å². The van der Waals surface area contributed by atoms with Crippen LogP contribution >= 0.6 is 0 Å². The van der Waals surface area contributed by atoms with Gasteiger partial charge in [-0.05, 0) is 37.8 Å². The van der Waals surface area contributed by atoms with Gasteiger partial charge in [0.05, 0.1) is 0 Å². The van der Waals surface area contributed by atoms with Crippen molar-refractivity contribution in [2.45, 2.75) is 18.8 Å². The van der Waals surface area contributed by atoms with Crippen molar-refractivity contribution in [1.29, 1.82) is 0 Å². The van der Waals surface area contributed by atoms with E-state index in [0.717, 1.165) is 25.9 Å². The van der Waals surface area contributed by atoms with Gasteiger partial charge in [0.2, 0.25) is 0 Å². The largest absolute Gasteiger partial charge is 0.381 e. The molecule has 0 aromatic heterocycles. The second-order valence-electron chi connectivity index (χ2n) is 5.09. The summed E-state index contributed by atoms with van der Waals surface area (Å²) in [7, 11) is 0. The number of alkyl halides is 2. The van der Waals surface area contributed by atoms with Crippen molar-refractivity contribution in [3.8, 4) is 0 Å². The topological polar surface area (TPSA) is 21.3 Å². The fourth-order valence-electron chi connectivity index (χ4n) is 3.23. The van der Waals surface area contributed by atoms with Crippen LogP contribution in [0.4, 0.5) is 8.78 Å². The van der Waals surface area contributed by atoms with Crippen molar-refractivity contribution in [3.63, 3.8) is 0 Å². The average Bonchev–Trinajstić information content (AvgIpc) is 2.68. The van der Waals surface area contributed by atoms with Crippen LogP contribution < -0.4 is 5.32 Å². The molecule has 2 heterocycles. The van der Waals surface area contributed by atoms with E-state index in [0.29, 0.717) is 13.2 Å². The monoisotopic (exact) mass is 217 g/mol. The van der Waals surface area contributed by atoms with Crippen molar-refractivity contribution < 1.29 is 13.5 Å². The van der Waals surface area contributed by atoms with Crippen molar-refractivity contribution in [1.82, 2.24) is 5.32 Å². The lowest BCUT2D eigenvalue weighted by Gasteiger charge is -2.28. The van der Waals surface area contributed by atoms with Gasteiger partial charge in [-0.3, -0.25) is 0 Å². The minimum atomic E-state index is -2.38. The normalized spacial score (nSPS) is 41.2. The quantitative estimate of drug-likeness (QED) is 0.757. The number of hydrogen-bond acceptors (Lipinski definition) is 2. The van der Waals surface area contributed by atoms with Crippen LogP contribution in [0.5, 0.6) is 0 Å². The maximum Gasteiger partial charge on any atom is 0.255 e. The number of rotatable bonds is 2. The highest BCUT2D eigenvalue weighted by molar-refractivity contribution is 5.12. The van der Waals surface area contributed by atoms with Crippen molar-refractivity contribution in [2.24, 2.45) is 23.7 Å². The van der Waals surface area contributed by atoms with E-state index in [1.807, 2.05) is 0 Å². The lowest BCUT2D eigenvalue weighted by atomic mass is 9.88. The van der Waals surface area contributed by atoms with Gasteiger partial charge in [-0.25, -0.2) is 8.78 Å². The number of hydrogen-bond donors (Lipinski definition) is 1. The molecule has 86 valence electrons. The first kappa shape index (κ1) is 9.97. The molecular weight excluding hydrogens is 200 g/mol. The third-order valence-corrected chi connectivity index (χ3v) is 4.26. The van der Waals surface area contributed by atoms with Gasteiger partial charge >= 0.3 is 0 Å². The minimum absolute atomic E-state index is 0.208. The van der Waals surface area contributed by atoms with Gasteiger partial charge in [0, 0.05) is 25.0 Å². The summed E-state index contributed by atoms with van der Waals surface area (Å²) in [5.74, 6) is -2.61. The summed E-state index contributed by atoms with van der Waals surface area (Å²) in [5.41, 5.74) is 0. The maximum atomic E-state index is 13.6. The highest BCUT2D eigenvalue weighted by atomic mass is 19.3. The van der Waals surface area contributed by atoms with Gasteiger partial charge < -0.3 is 10.1 Å². The molecule has 0 aromatic carbocycles. The molecule has 3 aliphatic rings. The molecule has 3 rings (SSSR count). The van der Waals surface area contributed by atoms with E-state index in [1.165, 1.54) is 0 Å². The fourth-order valence-corrected chi connectivity index (χ4v) is 3.23. The summed E-state index contributed by atoms with van der Waals surface area (Å²) in [6.07, 6.45) is 1.66. The zero-order chi connectivity index (χ0) is 10.5. The van der Waals surface area contributed by atoms with Crippen molar-refractivity contribution >= 4 is 0 Å². The molecule has 0 spiro atoms. The Hall–Kier alpha value is -0.220. The lowest BCUT2D eigenvalue weighted by molar-refractivity contribution is 0.0275. The van der Waals surface area contributed by atoms with Gasteiger partial charge in [0.25, 0.3) is 5.92 Å². The molecule has 0 aromatic rings. The number of halogens is 2. The standard InChI is InChI=1S/C11H17F2NO/c12-11(13)9(7-1-3-15-4-2-7)10(11)8-5-14-6-8/h7-10,14H,1-6H2. The Balaban J connectivity index is 1.65. The molecular formula is C11H17F2NO. The van der Waals surface area contributed by atoms with Crippen LogP contribution in [0.15, 0.2) is 0 Å². The molecule has 1 aliphatic carbocycles. The van der Waals surface area contributed by atoms with E-state index in [-0.39, 0.29) is 23.7 Å². The first-order valence-electron chi connectivity index (χ1n) is 5.87. The molecule has 1 saturated carbocycles. The summed E-state index contributed by atoms with van der Waals surface area (Å²) in [6, 6.07) is 0. The summed E-state index contributed by atoms with van der Waals surface area (Å²) in [6.45, 7) is 2.93. The molecule has 0 amide bonds. The second-order valence-corrected chi connectivity index (χ2v) is 5.09. The second kappa shape index (κ2) is 3.39. The third kappa shape index (κ3) is 1.49. The Morgan fingerprint density at radius 2 is 1.60 bits per heavy atom. The summed E-state index contributed by atoms with van der Waals surface area (Å²) >= 11 is 0. The first-order valence-corrected chi connectivity index (χ1v) is 5.87. The van der Waals surface area contributed by atoms with Crippen LogP contribution in [0.3, 0.4) is 0 Å². The molecule has 2 atom stereocenters. The Labute approximate surface area is 88.4 Å². The first-order chi connectivity index (χ1) is 7.21. The van der Waals surface area contributed by atoms with Gasteiger partial charge in [0.1, 0.15) is 0 Å². The molecule has 15 heavy (non-hydrogen) atoms. The SMILES string of the molecule is FC1(F)C(C2CCOCC2)C1C1CNC1. The Morgan fingerprint density at radius 1 is 1.00 bits per heavy atom.